The standard InChI is InChI=1S/C10H21NO/c1-5-10(6-8(2)3)7-11-9(4)12/h8,10H,5-7H2,1-4H3,(H,11,12). The number of rotatable bonds is 5. The first-order chi connectivity index (χ1) is 5.56. The molecule has 1 amide bonds. The van der Waals surface area contributed by atoms with Crippen molar-refractivity contribution in [3.8, 4) is 0 Å². The number of nitrogens with one attached hydrogen (secondary N) is 1. The number of hydrogen-bond acceptors (Lipinski definition) is 1. The summed E-state index contributed by atoms with van der Waals surface area (Å²) in [7, 11) is 0. The van der Waals surface area contributed by atoms with Crippen LogP contribution in [0, 0.1) is 11.8 Å². The van der Waals surface area contributed by atoms with Crippen LogP contribution in [-0.4, -0.2) is 12.5 Å². The summed E-state index contributed by atoms with van der Waals surface area (Å²) < 4.78 is 0. The van der Waals surface area contributed by atoms with E-state index >= 15 is 0 Å². The van der Waals surface area contributed by atoms with Crippen molar-refractivity contribution >= 4 is 5.91 Å². The monoisotopic (exact) mass is 171 g/mol. The second-order valence-corrected chi connectivity index (χ2v) is 3.84. The molecule has 1 N–H and O–H groups in total. The van der Waals surface area contributed by atoms with Gasteiger partial charge in [-0.1, -0.05) is 27.2 Å². The van der Waals surface area contributed by atoms with Crippen LogP contribution in [0.15, 0.2) is 0 Å². The van der Waals surface area contributed by atoms with Gasteiger partial charge in [0.05, 0.1) is 0 Å². The Kier molecular flexibility index (Phi) is 5.77. The maximum atomic E-state index is 10.6. The summed E-state index contributed by atoms with van der Waals surface area (Å²) in [6.07, 6.45) is 2.36. The summed E-state index contributed by atoms with van der Waals surface area (Å²) in [6.45, 7) is 9.02. The minimum absolute atomic E-state index is 0.0807. The van der Waals surface area contributed by atoms with Crippen molar-refractivity contribution < 1.29 is 4.79 Å². The molecule has 0 saturated heterocycles. The van der Waals surface area contributed by atoms with Gasteiger partial charge in [-0.2, -0.15) is 0 Å². The molecule has 12 heavy (non-hydrogen) atoms. The lowest BCUT2D eigenvalue weighted by Crippen LogP contribution is -2.27. The highest BCUT2D eigenvalue weighted by Crippen LogP contribution is 2.13. The van der Waals surface area contributed by atoms with E-state index in [1.54, 1.807) is 6.92 Å². The van der Waals surface area contributed by atoms with Gasteiger partial charge in [0.2, 0.25) is 5.91 Å². The second kappa shape index (κ2) is 6.04. The number of carbonyl (C=O) groups excluding carboxylic acids is 1. The molecule has 1 unspecified atom stereocenters. The van der Waals surface area contributed by atoms with Gasteiger partial charge in [0.25, 0.3) is 0 Å². The van der Waals surface area contributed by atoms with Crippen LogP contribution in [0.2, 0.25) is 0 Å². The van der Waals surface area contributed by atoms with Crippen LogP contribution in [-0.2, 0) is 4.79 Å². The number of carbonyl (C=O) groups is 1. The molecule has 72 valence electrons. The summed E-state index contributed by atoms with van der Waals surface area (Å²) in [5.74, 6) is 1.45. The Morgan fingerprint density at radius 2 is 2.00 bits per heavy atom. The van der Waals surface area contributed by atoms with Crippen molar-refractivity contribution in [3.63, 3.8) is 0 Å². The average Bonchev–Trinajstić information content (AvgIpc) is 1.97. The van der Waals surface area contributed by atoms with E-state index in [0.717, 1.165) is 18.9 Å². The molecule has 2 heteroatoms. The molecule has 0 rings (SSSR count). The van der Waals surface area contributed by atoms with E-state index in [-0.39, 0.29) is 5.91 Å². The zero-order valence-electron chi connectivity index (χ0n) is 8.68. The normalized spacial score (nSPS) is 13.1. The summed E-state index contributed by atoms with van der Waals surface area (Å²) >= 11 is 0. The number of amides is 1. The van der Waals surface area contributed by atoms with E-state index in [0.29, 0.717) is 5.92 Å². The van der Waals surface area contributed by atoms with E-state index in [2.05, 4.69) is 26.1 Å². The fourth-order valence-electron chi connectivity index (χ4n) is 1.35. The van der Waals surface area contributed by atoms with Crippen LogP contribution in [0.4, 0.5) is 0 Å². The zero-order chi connectivity index (χ0) is 9.56. The van der Waals surface area contributed by atoms with Crippen LogP contribution < -0.4 is 5.32 Å². The highest BCUT2D eigenvalue weighted by atomic mass is 16.1. The zero-order valence-corrected chi connectivity index (χ0v) is 8.68. The average molecular weight is 171 g/mol. The largest absolute Gasteiger partial charge is 0.356 e. The topological polar surface area (TPSA) is 29.1 Å². The van der Waals surface area contributed by atoms with Gasteiger partial charge in [0.15, 0.2) is 0 Å². The molecule has 0 aromatic heterocycles. The Bertz CT molecular complexity index is 132. The maximum Gasteiger partial charge on any atom is 0.216 e. The van der Waals surface area contributed by atoms with Crippen LogP contribution >= 0.6 is 0 Å². The second-order valence-electron chi connectivity index (χ2n) is 3.84. The van der Waals surface area contributed by atoms with Gasteiger partial charge in [-0.25, -0.2) is 0 Å². The third kappa shape index (κ3) is 6.20. The Morgan fingerprint density at radius 3 is 2.33 bits per heavy atom. The van der Waals surface area contributed by atoms with Crippen LogP contribution in [0.1, 0.15) is 40.5 Å². The summed E-state index contributed by atoms with van der Waals surface area (Å²) in [6, 6.07) is 0. The molecule has 0 spiro atoms. The first-order valence-electron chi connectivity index (χ1n) is 4.80. The predicted octanol–water partition coefficient (Wildman–Crippen LogP) is 2.19. The SMILES string of the molecule is CCC(CNC(C)=O)CC(C)C. The molecule has 0 fully saturated rings. The van der Waals surface area contributed by atoms with Crippen molar-refractivity contribution in [3.05, 3.63) is 0 Å². The molecule has 0 aliphatic heterocycles. The van der Waals surface area contributed by atoms with Crippen LogP contribution in [0.5, 0.6) is 0 Å². The van der Waals surface area contributed by atoms with Gasteiger partial charge < -0.3 is 5.32 Å². The molecule has 0 radical (unpaired) electrons. The number of hydrogen-bond donors (Lipinski definition) is 1. The molecular formula is C10H21NO. The summed E-state index contributed by atoms with van der Waals surface area (Å²) in [5.41, 5.74) is 0. The lowest BCUT2D eigenvalue weighted by molar-refractivity contribution is -0.119. The van der Waals surface area contributed by atoms with Crippen molar-refractivity contribution in [2.75, 3.05) is 6.54 Å². The van der Waals surface area contributed by atoms with E-state index in [4.69, 9.17) is 0 Å². The fraction of sp³-hybridized carbons (Fsp3) is 0.900. The van der Waals surface area contributed by atoms with Gasteiger partial charge in [0.1, 0.15) is 0 Å². The van der Waals surface area contributed by atoms with Crippen molar-refractivity contribution in [2.45, 2.75) is 40.5 Å². The van der Waals surface area contributed by atoms with Crippen molar-refractivity contribution in [1.29, 1.82) is 0 Å². The Morgan fingerprint density at radius 1 is 1.42 bits per heavy atom. The molecule has 0 heterocycles. The van der Waals surface area contributed by atoms with Crippen LogP contribution in [0.25, 0.3) is 0 Å². The van der Waals surface area contributed by atoms with Gasteiger partial charge >= 0.3 is 0 Å². The fourth-order valence-corrected chi connectivity index (χ4v) is 1.35. The molecule has 0 aliphatic carbocycles. The van der Waals surface area contributed by atoms with Gasteiger partial charge in [0, 0.05) is 13.5 Å². The Hall–Kier alpha value is -0.530. The third-order valence-electron chi connectivity index (χ3n) is 2.02. The quantitative estimate of drug-likeness (QED) is 0.675. The molecule has 0 aromatic rings. The van der Waals surface area contributed by atoms with Crippen molar-refractivity contribution in [1.82, 2.24) is 5.32 Å². The van der Waals surface area contributed by atoms with Gasteiger partial charge in [-0.3, -0.25) is 4.79 Å². The van der Waals surface area contributed by atoms with Crippen LogP contribution in [0.3, 0.4) is 0 Å². The van der Waals surface area contributed by atoms with E-state index in [9.17, 15) is 4.79 Å². The Balaban J connectivity index is 3.60. The molecule has 0 saturated carbocycles. The molecular weight excluding hydrogens is 150 g/mol. The molecule has 1 atom stereocenters. The minimum Gasteiger partial charge on any atom is -0.356 e. The van der Waals surface area contributed by atoms with Gasteiger partial charge in [-0.05, 0) is 18.3 Å². The molecule has 0 bridgehead atoms. The maximum absolute atomic E-state index is 10.6. The lowest BCUT2D eigenvalue weighted by Gasteiger charge is -2.16. The lowest BCUT2D eigenvalue weighted by atomic mass is 9.95. The molecule has 0 aliphatic rings. The van der Waals surface area contributed by atoms with E-state index < -0.39 is 0 Å². The van der Waals surface area contributed by atoms with E-state index in [1.165, 1.54) is 6.42 Å². The summed E-state index contributed by atoms with van der Waals surface area (Å²) in [5, 5.41) is 2.86. The smallest absolute Gasteiger partial charge is 0.216 e. The molecule has 0 aromatic carbocycles. The third-order valence-corrected chi connectivity index (χ3v) is 2.02. The van der Waals surface area contributed by atoms with Crippen molar-refractivity contribution in [2.24, 2.45) is 11.8 Å². The first kappa shape index (κ1) is 11.5. The molecule has 2 nitrogen and oxygen atoms in total. The predicted molar refractivity (Wildman–Crippen MR) is 51.9 cm³/mol. The van der Waals surface area contributed by atoms with Gasteiger partial charge in [-0.15, -0.1) is 0 Å². The highest BCUT2D eigenvalue weighted by molar-refractivity contribution is 5.72. The Labute approximate surface area is 75.7 Å². The minimum atomic E-state index is 0.0807. The first-order valence-corrected chi connectivity index (χ1v) is 4.80. The summed E-state index contributed by atoms with van der Waals surface area (Å²) in [4.78, 5) is 10.6. The van der Waals surface area contributed by atoms with E-state index in [1.807, 2.05) is 0 Å². The highest BCUT2D eigenvalue weighted by Gasteiger charge is 2.08.